The summed E-state index contributed by atoms with van der Waals surface area (Å²) in [6.07, 6.45) is 2.38. The molecule has 1 rings (SSSR count). The fourth-order valence-electron chi connectivity index (χ4n) is 0.464. The van der Waals surface area contributed by atoms with Gasteiger partial charge in [0, 0.05) is 6.20 Å². The normalized spacial score (nSPS) is 9.56. The van der Waals surface area contributed by atoms with Crippen molar-refractivity contribution in [2.45, 2.75) is 0 Å². The van der Waals surface area contributed by atoms with Gasteiger partial charge in [-0.25, -0.2) is 4.98 Å². The molecule has 3 nitrogen and oxygen atoms in total. The van der Waals surface area contributed by atoms with E-state index >= 15 is 0 Å². The topological polar surface area (TPSA) is 34.9 Å². The number of hydrogen-bond donors (Lipinski definition) is 0. The van der Waals surface area contributed by atoms with Crippen molar-refractivity contribution in [2.75, 3.05) is 0 Å². The van der Waals surface area contributed by atoms with Gasteiger partial charge in [0.05, 0.1) is 0 Å². The average molecular weight is 207 g/mol. The lowest BCUT2D eigenvalue weighted by Gasteiger charge is -1.85. The molecule has 9 heavy (non-hydrogen) atoms. The Labute approximate surface area is 62.9 Å². The summed E-state index contributed by atoms with van der Waals surface area (Å²) >= 11 is 3.12. The Bertz CT molecular complexity index is 234. The number of rotatable bonds is 1. The van der Waals surface area contributed by atoms with Crippen LogP contribution < -0.4 is 0 Å². The highest BCUT2D eigenvalue weighted by atomic mass is 79.9. The molecule has 1 aromatic heterocycles. The van der Waals surface area contributed by atoms with Crippen LogP contribution in [-0.4, -0.2) is 15.6 Å². The number of halogens is 1. The Morgan fingerprint density at radius 3 is 2.78 bits per heavy atom. The molecule has 0 radical (unpaired) electrons. The van der Waals surface area contributed by atoms with E-state index in [1.165, 1.54) is 0 Å². The molecular formula is C4H4BrN2OP. The Morgan fingerprint density at radius 2 is 2.56 bits per heavy atom. The fourth-order valence-corrected chi connectivity index (χ4v) is 1.34. The summed E-state index contributed by atoms with van der Waals surface area (Å²) in [5.74, 6) is 0.395. The lowest BCUT2D eigenvalue weighted by atomic mass is 10.7. The summed E-state index contributed by atoms with van der Waals surface area (Å²) in [4.78, 5) is 13.9. The van der Waals surface area contributed by atoms with Gasteiger partial charge in [-0.05, 0) is 25.3 Å². The third-order valence-corrected chi connectivity index (χ3v) is 1.63. The molecule has 0 spiro atoms. The van der Waals surface area contributed by atoms with Gasteiger partial charge in [-0.3, -0.25) is 4.79 Å². The number of carbonyl (C=O) groups is 1. The summed E-state index contributed by atoms with van der Waals surface area (Å²) in [7, 11) is 2.35. The predicted octanol–water partition coefficient (Wildman–Crippen LogP) is 1.10. The molecule has 0 aromatic carbocycles. The molecule has 0 amide bonds. The van der Waals surface area contributed by atoms with E-state index in [4.69, 9.17) is 0 Å². The number of nitrogens with zero attached hydrogens (tertiary/aromatic N) is 2. The maximum absolute atomic E-state index is 10.1. The first-order chi connectivity index (χ1) is 4.24. The Hall–Kier alpha value is -0.210. The Morgan fingerprint density at radius 1 is 1.89 bits per heavy atom. The number of carbonyl (C=O) groups excluding carboxylic acids is 1. The van der Waals surface area contributed by atoms with E-state index in [9.17, 15) is 4.79 Å². The van der Waals surface area contributed by atoms with Gasteiger partial charge < -0.3 is 4.34 Å². The van der Waals surface area contributed by atoms with Crippen LogP contribution in [0.3, 0.4) is 0 Å². The summed E-state index contributed by atoms with van der Waals surface area (Å²) in [6, 6.07) is 0. The van der Waals surface area contributed by atoms with Crippen LogP contribution in [0.4, 0.5) is 0 Å². The minimum atomic E-state index is 0.395. The van der Waals surface area contributed by atoms with Crippen LogP contribution in [0.2, 0.25) is 0 Å². The summed E-state index contributed by atoms with van der Waals surface area (Å²) < 4.78 is 2.23. The molecule has 0 aliphatic rings. The Balaban J connectivity index is 3.15. The number of hydrogen-bond acceptors (Lipinski definition) is 2. The highest BCUT2D eigenvalue weighted by Crippen LogP contribution is 2.09. The first-order valence-corrected chi connectivity index (χ1v) is 3.50. The monoisotopic (exact) mass is 206 g/mol. The van der Waals surface area contributed by atoms with Gasteiger partial charge in [0.1, 0.15) is 4.60 Å². The lowest BCUT2D eigenvalue weighted by molar-refractivity contribution is 0.111. The Kier molecular flexibility index (Phi) is 1.98. The van der Waals surface area contributed by atoms with E-state index in [0.29, 0.717) is 16.7 Å². The lowest BCUT2D eigenvalue weighted by Crippen LogP contribution is -1.86. The van der Waals surface area contributed by atoms with Crippen LogP contribution in [0, 0.1) is 0 Å². The van der Waals surface area contributed by atoms with Crippen molar-refractivity contribution < 1.29 is 4.79 Å². The van der Waals surface area contributed by atoms with Crippen molar-refractivity contribution in [1.29, 1.82) is 0 Å². The van der Waals surface area contributed by atoms with Gasteiger partial charge in [0.2, 0.25) is 0 Å². The van der Waals surface area contributed by atoms with Crippen LogP contribution in [0.25, 0.3) is 0 Å². The van der Waals surface area contributed by atoms with Gasteiger partial charge in [-0.15, -0.1) is 0 Å². The van der Waals surface area contributed by atoms with Gasteiger partial charge in [-0.1, -0.05) is 0 Å². The van der Waals surface area contributed by atoms with E-state index < -0.39 is 0 Å². The molecule has 0 aliphatic carbocycles. The van der Waals surface area contributed by atoms with E-state index in [-0.39, 0.29) is 0 Å². The van der Waals surface area contributed by atoms with Crippen LogP contribution in [0.5, 0.6) is 0 Å². The van der Waals surface area contributed by atoms with Crippen LogP contribution in [0.15, 0.2) is 10.8 Å². The zero-order valence-corrected chi connectivity index (χ0v) is 7.15. The second-order valence-electron chi connectivity index (χ2n) is 1.45. The molecular weight excluding hydrogens is 203 g/mol. The van der Waals surface area contributed by atoms with Crippen molar-refractivity contribution in [2.24, 2.45) is 0 Å². The van der Waals surface area contributed by atoms with Crippen LogP contribution in [0.1, 0.15) is 10.6 Å². The molecule has 5 heteroatoms. The van der Waals surface area contributed by atoms with Crippen molar-refractivity contribution in [1.82, 2.24) is 9.32 Å². The molecule has 1 aromatic rings. The smallest absolute Gasteiger partial charge is 0.185 e. The zero-order valence-electron chi connectivity index (χ0n) is 4.41. The van der Waals surface area contributed by atoms with E-state index in [2.05, 4.69) is 30.3 Å². The maximum Gasteiger partial charge on any atom is 0.185 e. The molecule has 1 unspecified atom stereocenters. The minimum Gasteiger partial charge on any atom is -0.312 e. The van der Waals surface area contributed by atoms with Gasteiger partial charge >= 0.3 is 0 Å². The molecule has 48 valence electrons. The third kappa shape index (κ3) is 1.37. The summed E-state index contributed by atoms with van der Waals surface area (Å²) in [5.41, 5.74) is 0. The largest absolute Gasteiger partial charge is 0.312 e. The van der Waals surface area contributed by atoms with Crippen molar-refractivity contribution >= 4 is 31.6 Å². The molecule has 0 saturated heterocycles. The third-order valence-electron chi connectivity index (χ3n) is 0.837. The molecule has 0 aliphatic heterocycles. The number of aromatic nitrogens is 2. The first-order valence-electron chi connectivity index (χ1n) is 2.19. The zero-order chi connectivity index (χ0) is 6.85. The van der Waals surface area contributed by atoms with Crippen LogP contribution >= 0.6 is 25.3 Å². The second kappa shape index (κ2) is 2.58. The fraction of sp³-hybridized carbons (Fsp3) is 0. The molecule has 0 saturated carbocycles. The van der Waals surface area contributed by atoms with E-state index in [0.717, 1.165) is 0 Å². The standard InChI is InChI=1S/C4H4BrN2OP/c5-3-1-7(9)4(2-8)6-3/h1-2H,9H2. The molecule has 1 heterocycles. The summed E-state index contributed by atoms with van der Waals surface area (Å²) in [5, 5.41) is 0. The molecule has 1 atom stereocenters. The molecule has 0 fully saturated rings. The predicted molar refractivity (Wildman–Crippen MR) is 40.4 cm³/mol. The van der Waals surface area contributed by atoms with Crippen LogP contribution in [-0.2, 0) is 0 Å². The average Bonchev–Trinajstić information content (AvgIpc) is 2.10. The number of aldehydes is 1. The van der Waals surface area contributed by atoms with Gasteiger partial charge in [-0.2, -0.15) is 0 Å². The maximum atomic E-state index is 10.1. The van der Waals surface area contributed by atoms with E-state index in [1.807, 2.05) is 0 Å². The van der Waals surface area contributed by atoms with Crippen molar-refractivity contribution in [3.8, 4) is 0 Å². The van der Waals surface area contributed by atoms with E-state index in [1.54, 1.807) is 10.5 Å². The first kappa shape index (κ1) is 6.90. The highest BCUT2D eigenvalue weighted by molar-refractivity contribution is 9.10. The quantitative estimate of drug-likeness (QED) is 0.510. The second-order valence-corrected chi connectivity index (χ2v) is 2.82. The van der Waals surface area contributed by atoms with Crippen molar-refractivity contribution in [3.63, 3.8) is 0 Å². The van der Waals surface area contributed by atoms with Gasteiger partial charge in [0.15, 0.2) is 12.1 Å². The van der Waals surface area contributed by atoms with Crippen molar-refractivity contribution in [3.05, 3.63) is 16.6 Å². The molecule has 0 bridgehead atoms. The summed E-state index contributed by atoms with van der Waals surface area (Å²) in [6.45, 7) is 0. The highest BCUT2D eigenvalue weighted by Gasteiger charge is 1.98. The number of imidazole rings is 1. The SMILES string of the molecule is O=Cc1nc(Br)cn1P. The minimum absolute atomic E-state index is 0.395. The molecule has 0 N–H and O–H groups in total. The van der Waals surface area contributed by atoms with Gasteiger partial charge in [0.25, 0.3) is 0 Å².